The number of benzene rings is 1. The Hall–Kier alpha value is -2.29. The standard InChI is InChI=1S/C22H31N3O5/c1-3-29-12-13(30-4-2)11-24-19-10-15-16(25-19)9-8-14(21(15)23)22(28)20-17(26)6-5-7-18(20)27/h8-9,13,19-20,24-25H,3-7,10-12,23H2,1-2H3. The highest BCUT2D eigenvalue weighted by Crippen LogP contribution is 2.34. The number of ketones is 3. The summed E-state index contributed by atoms with van der Waals surface area (Å²) in [5, 5.41) is 6.77. The third kappa shape index (κ3) is 4.88. The fraction of sp³-hybridized carbons (Fsp3) is 0.591. The Balaban J connectivity index is 1.67. The molecule has 8 heteroatoms. The first-order chi connectivity index (χ1) is 14.5. The molecule has 1 aromatic carbocycles. The zero-order chi connectivity index (χ0) is 21.7. The van der Waals surface area contributed by atoms with Gasteiger partial charge in [0.15, 0.2) is 17.3 Å². The third-order valence-corrected chi connectivity index (χ3v) is 5.62. The monoisotopic (exact) mass is 417 g/mol. The van der Waals surface area contributed by atoms with Gasteiger partial charge in [0.05, 0.1) is 18.9 Å². The minimum Gasteiger partial charge on any atom is -0.398 e. The molecule has 1 aromatic rings. The van der Waals surface area contributed by atoms with E-state index < -0.39 is 11.7 Å². The van der Waals surface area contributed by atoms with E-state index in [4.69, 9.17) is 15.2 Å². The molecule has 8 nitrogen and oxygen atoms in total. The highest BCUT2D eigenvalue weighted by atomic mass is 16.5. The molecule has 1 heterocycles. The number of rotatable bonds is 10. The number of hydrogen-bond acceptors (Lipinski definition) is 8. The molecule has 0 bridgehead atoms. The van der Waals surface area contributed by atoms with E-state index in [2.05, 4.69) is 10.6 Å². The van der Waals surface area contributed by atoms with Crippen LogP contribution in [0, 0.1) is 5.92 Å². The summed E-state index contributed by atoms with van der Waals surface area (Å²) in [5.41, 5.74) is 8.58. The lowest BCUT2D eigenvalue weighted by molar-refractivity contribution is -0.133. The van der Waals surface area contributed by atoms with Crippen LogP contribution in [0.3, 0.4) is 0 Å². The maximum atomic E-state index is 12.9. The van der Waals surface area contributed by atoms with Crippen molar-refractivity contribution in [2.75, 3.05) is 37.4 Å². The van der Waals surface area contributed by atoms with E-state index in [0.29, 0.717) is 44.9 Å². The molecule has 1 saturated carbocycles. The van der Waals surface area contributed by atoms with Crippen molar-refractivity contribution in [3.8, 4) is 0 Å². The van der Waals surface area contributed by atoms with Crippen LogP contribution in [0.15, 0.2) is 12.1 Å². The van der Waals surface area contributed by atoms with Crippen LogP contribution in [0.5, 0.6) is 0 Å². The van der Waals surface area contributed by atoms with Gasteiger partial charge in [-0.2, -0.15) is 0 Å². The van der Waals surface area contributed by atoms with Crippen molar-refractivity contribution in [2.45, 2.75) is 51.8 Å². The van der Waals surface area contributed by atoms with Crippen LogP contribution in [-0.4, -0.2) is 56.0 Å². The second kappa shape index (κ2) is 10.1. The Kier molecular flexibility index (Phi) is 7.58. The topological polar surface area (TPSA) is 120 Å². The summed E-state index contributed by atoms with van der Waals surface area (Å²) in [4.78, 5) is 37.3. The molecule has 0 aromatic heterocycles. The Morgan fingerprint density at radius 1 is 1.23 bits per heavy atom. The summed E-state index contributed by atoms with van der Waals surface area (Å²) < 4.78 is 11.2. The van der Waals surface area contributed by atoms with E-state index in [9.17, 15) is 14.4 Å². The van der Waals surface area contributed by atoms with Gasteiger partial charge >= 0.3 is 0 Å². The van der Waals surface area contributed by atoms with Crippen molar-refractivity contribution < 1.29 is 23.9 Å². The van der Waals surface area contributed by atoms with Crippen molar-refractivity contribution in [3.63, 3.8) is 0 Å². The van der Waals surface area contributed by atoms with Crippen LogP contribution in [0.4, 0.5) is 11.4 Å². The smallest absolute Gasteiger partial charge is 0.182 e. The number of ether oxygens (including phenoxy) is 2. The number of nitrogens with one attached hydrogen (secondary N) is 2. The predicted octanol–water partition coefficient (Wildman–Crippen LogP) is 1.72. The van der Waals surface area contributed by atoms with E-state index in [0.717, 1.165) is 11.3 Å². The highest BCUT2D eigenvalue weighted by molar-refractivity contribution is 6.26. The second-order valence-corrected chi connectivity index (χ2v) is 7.68. The molecule has 0 saturated heterocycles. The fourth-order valence-corrected chi connectivity index (χ4v) is 4.08. The predicted molar refractivity (Wildman–Crippen MR) is 114 cm³/mol. The van der Waals surface area contributed by atoms with Gasteiger partial charge < -0.3 is 20.5 Å². The summed E-state index contributed by atoms with van der Waals surface area (Å²) in [6.45, 7) is 6.26. The van der Waals surface area contributed by atoms with E-state index >= 15 is 0 Å². The average Bonchev–Trinajstić information content (AvgIpc) is 3.14. The first kappa shape index (κ1) is 22.4. The molecule has 164 valence electrons. The Morgan fingerprint density at radius 3 is 2.63 bits per heavy atom. The van der Waals surface area contributed by atoms with Gasteiger partial charge in [-0.3, -0.25) is 19.7 Å². The second-order valence-electron chi connectivity index (χ2n) is 7.68. The fourth-order valence-electron chi connectivity index (χ4n) is 4.08. The number of carbonyl (C=O) groups is 3. The van der Waals surface area contributed by atoms with Gasteiger partial charge in [-0.1, -0.05) is 0 Å². The summed E-state index contributed by atoms with van der Waals surface area (Å²) in [7, 11) is 0. The summed E-state index contributed by atoms with van der Waals surface area (Å²) in [5.74, 6) is -2.28. The lowest BCUT2D eigenvalue weighted by atomic mass is 9.81. The van der Waals surface area contributed by atoms with Crippen LogP contribution in [-0.2, 0) is 25.5 Å². The number of nitrogen functional groups attached to an aromatic ring is 1. The maximum absolute atomic E-state index is 12.9. The number of Topliss-reactive ketones (excluding diaryl/α,β-unsaturated/α-hetero) is 3. The summed E-state index contributed by atoms with van der Waals surface area (Å²) in [6.07, 6.45) is 1.52. The molecule has 1 aliphatic heterocycles. The summed E-state index contributed by atoms with van der Waals surface area (Å²) >= 11 is 0. The number of anilines is 2. The van der Waals surface area contributed by atoms with Crippen molar-refractivity contribution in [1.82, 2.24) is 5.32 Å². The van der Waals surface area contributed by atoms with Crippen LogP contribution < -0.4 is 16.4 Å². The molecule has 4 N–H and O–H groups in total. The Morgan fingerprint density at radius 2 is 1.97 bits per heavy atom. The quantitative estimate of drug-likeness (QED) is 0.299. The first-order valence-electron chi connectivity index (χ1n) is 10.7. The van der Waals surface area contributed by atoms with E-state index in [1.54, 1.807) is 12.1 Å². The highest BCUT2D eigenvalue weighted by Gasteiger charge is 2.38. The lowest BCUT2D eigenvalue weighted by Gasteiger charge is -2.20. The minimum absolute atomic E-state index is 0.0572. The molecule has 1 aliphatic carbocycles. The van der Waals surface area contributed by atoms with Gasteiger partial charge in [-0.05, 0) is 32.4 Å². The molecule has 2 atom stereocenters. The van der Waals surface area contributed by atoms with Gasteiger partial charge in [0.25, 0.3) is 0 Å². The van der Waals surface area contributed by atoms with Crippen LogP contribution in [0.25, 0.3) is 0 Å². The number of nitrogens with two attached hydrogens (primary N) is 1. The van der Waals surface area contributed by atoms with Gasteiger partial charge in [0.2, 0.25) is 0 Å². The van der Waals surface area contributed by atoms with Gasteiger partial charge in [-0.15, -0.1) is 0 Å². The molecule has 30 heavy (non-hydrogen) atoms. The third-order valence-electron chi connectivity index (χ3n) is 5.62. The van der Waals surface area contributed by atoms with E-state index in [-0.39, 0.29) is 42.2 Å². The molecule has 3 rings (SSSR count). The number of carbonyl (C=O) groups excluding carboxylic acids is 3. The SMILES string of the molecule is CCOCC(CNC1Cc2c(ccc(C(=O)C3C(=O)CCCC3=O)c2N)N1)OCC. The Bertz CT molecular complexity index is 794. The lowest BCUT2D eigenvalue weighted by Crippen LogP contribution is -2.41. The zero-order valence-corrected chi connectivity index (χ0v) is 17.7. The number of hydrogen-bond donors (Lipinski definition) is 3. The van der Waals surface area contributed by atoms with Crippen molar-refractivity contribution >= 4 is 28.7 Å². The van der Waals surface area contributed by atoms with Crippen LogP contribution in [0.1, 0.15) is 49.0 Å². The molecule has 2 aliphatic rings. The zero-order valence-electron chi connectivity index (χ0n) is 17.7. The molecule has 0 spiro atoms. The van der Waals surface area contributed by atoms with E-state index in [1.165, 1.54) is 0 Å². The molecule has 0 radical (unpaired) electrons. The molecule has 0 amide bonds. The van der Waals surface area contributed by atoms with Crippen molar-refractivity contribution in [3.05, 3.63) is 23.3 Å². The normalized spacial score (nSPS) is 20.1. The van der Waals surface area contributed by atoms with E-state index in [1.807, 2.05) is 13.8 Å². The maximum Gasteiger partial charge on any atom is 0.182 e. The van der Waals surface area contributed by atoms with Crippen LogP contribution >= 0.6 is 0 Å². The average molecular weight is 418 g/mol. The summed E-state index contributed by atoms with van der Waals surface area (Å²) in [6, 6.07) is 3.40. The Labute approximate surface area is 176 Å². The molecule has 1 fully saturated rings. The van der Waals surface area contributed by atoms with Crippen LogP contribution in [0.2, 0.25) is 0 Å². The largest absolute Gasteiger partial charge is 0.398 e. The first-order valence-corrected chi connectivity index (χ1v) is 10.7. The van der Waals surface area contributed by atoms with Crippen molar-refractivity contribution in [1.29, 1.82) is 0 Å². The molecule has 2 unspecified atom stereocenters. The molecular weight excluding hydrogens is 386 g/mol. The van der Waals surface area contributed by atoms with Gasteiger partial charge in [0, 0.05) is 61.5 Å². The minimum atomic E-state index is -1.20. The van der Waals surface area contributed by atoms with Gasteiger partial charge in [0.1, 0.15) is 5.92 Å². The van der Waals surface area contributed by atoms with Gasteiger partial charge in [-0.25, -0.2) is 0 Å². The van der Waals surface area contributed by atoms with Crippen molar-refractivity contribution in [2.24, 2.45) is 5.92 Å². The number of fused-ring (bicyclic) bond motifs is 1. The molecular formula is C22H31N3O5.